The molecule has 0 aliphatic heterocycles. The molecule has 1 aromatic heterocycles. The summed E-state index contributed by atoms with van der Waals surface area (Å²) in [6.07, 6.45) is 1.02. The first-order valence-electron chi connectivity index (χ1n) is 5.93. The van der Waals surface area contributed by atoms with Gasteiger partial charge in [-0.3, -0.25) is 0 Å². The molecule has 96 valence electrons. The second-order valence-electron chi connectivity index (χ2n) is 4.30. The zero-order valence-corrected chi connectivity index (χ0v) is 10.8. The number of aromatic nitrogens is 1. The van der Waals surface area contributed by atoms with Gasteiger partial charge < -0.3 is 9.84 Å². The summed E-state index contributed by atoms with van der Waals surface area (Å²) in [7, 11) is 0. The summed E-state index contributed by atoms with van der Waals surface area (Å²) < 4.78 is 5.64. The van der Waals surface area contributed by atoms with E-state index in [9.17, 15) is 5.11 Å². The lowest BCUT2D eigenvalue weighted by Gasteiger charge is -2.09. The van der Waals surface area contributed by atoms with E-state index in [1.54, 1.807) is 37.4 Å². The Labute approximate surface area is 111 Å². The van der Waals surface area contributed by atoms with Gasteiger partial charge in [0, 0.05) is 12.3 Å². The maximum atomic E-state index is 9.40. The van der Waals surface area contributed by atoms with Crippen LogP contribution in [0, 0.1) is 18.3 Å². The van der Waals surface area contributed by atoms with Crippen LogP contribution in [0.1, 0.15) is 29.7 Å². The van der Waals surface area contributed by atoms with Gasteiger partial charge in [-0.25, -0.2) is 4.98 Å². The summed E-state index contributed by atoms with van der Waals surface area (Å²) in [6.45, 7) is 3.58. The monoisotopic (exact) mass is 254 g/mol. The van der Waals surface area contributed by atoms with E-state index in [4.69, 9.17) is 10.00 Å². The van der Waals surface area contributed by atoms with Crippen molar-refractivity contribution in [3.05, 3.63) is 53.2 Å². The van der Waals surface area contributed by atoms with Crippen molar-refractivity contribution in [1.82, 2.24) is 4.98 Å². The predicted octanol–water partition coefficient (Wildman–Crippen LogP) is 3.11. The van der Waals surface area contributed by atoms with E-state index in [0.29, 0.717) is 17.2 Å². The Bertz CT molecular complexity index is 613. The Kier molecular flexibility index (Phi) is 3.79. The fourth-order valence-corrected chi connectivity index (χ4v) is 1.59. The lowest BCUT2D eigenvalue weighted by Crippen LogP contribution is -1.95. The highest BCUT2D eigenvalue weighted by atomic mass is 16.5. The quantitative estimate of drug-likeness (QED) is 0.913. The van der Waals surface area contributed by atoms with Crippen molar-refractivity contribution < 1.29 is 9.84 Å². The smallest absolute Gasteiger partial charge is 0.219 e. The van der Waals surface area contributed by atoms with Gasteiger partial charge in [-0.05, 0) is 43.2 Å². The standard InChI is InChI=1S/C15H14N2O2/c1-10-3-4-12(8-16)7-14(10)19-15-6-5-13(9-17-15)11(2)18/h3-7,9,11,18H,1-2H3/t11-/m1/s1. The van der Waals surface area contributed by atoms with Gasteiger partial charge >= 0.3 is 0 Å². The third kappa shape index (κ3) is 3.09. The van der Waals surface area contributed by atoms with Gasteiger partial charge in [0.05, 0.1) is 17.7 Å². The number of hydrogen-bond donors (Lipinski definition) is 1. The Morgan fingerprint density at radius 3 is 2.68 bits per heavy atom. The van der Waals surface area contributed by atoms with Crippen LogP contribution in [0.3, 0.4) is 0 Å². The van der Waals surface area contributed by atoms with Gasteiger partial charge in [0.25, 0.3) is 0 Å². The predicted molar refractivity (Wildman–Crippen MR) is 70.8 cm³/mol. The number of nitrogens with zero attached hydrogens (tertiary/aromatic N) is 2. The molecule has 4 nitrogen and oxygen atoms in total. The molecule has 0 amide bonds. The molecule has 2 aromatic rings. The Morgan fingerprint density at radius 1 is 1.32 bits per heavy atom. The van der Waals surface area contributed by atoms with Crippen molar-refractivity contribution in [1.29, 1.82) is 5.26 Å². The molecule has 1 N–H and O–H groups in total. The number of ether oxygens (including phenoxy) is 1. The van der Waals surface area contributed by atoms with Crippen LogP contribution in [0.15, 0.2) is 36.5 Å². The van der Waals surface area contributed by atoms with Crippen LogP contribution in [0.25, 0.3) is 0 Å². The molecule has 0 bridgehead atoms. The first-order valence-corrected chi connectivity index (χ1v) is 5.93. The molecule has 19 heavy (non-hydrogen) atoms. The summed E-state index contributed by atoms with van der Waals surface area (Å²) in [6, 6.07) is 10.8. The normalized spacial score (nSPS) is 11.7. The minimum atomic E-state index is -0.551. The van der Waals surface area contributed by atoms with E-state index in [2.05, 4.69) is 11.1 Å². The molecule has 0 aliphatic rings. The highest BCUT2D eigenvalue weighted by Crippen LogP contribution is 2.25. The first-order chi connectivity index (χ1) is 9.10. The van der Waals surface area contributed by atoms with Crippen LogP contribution in [0.4, 0.5) is 0 Å². The number of hydrogen-bond acceptors (Lipinski definition) is 4. The number of pyridine rings is 1. The lowest BCUT2D eigenvalue weighted by atomic mass is 10.1. The molecule has 1 heterocycles. The number of aliphatic hydroxyl groups excluding tert-OH is 1. The van der Waals surface area contributed by atoms with E-state index < -0.39 is 6.10 Å². The molecule has 0 spiro atoms. The fourth-order valence-electron chi connectivity index (χ4n) is 1.59. The van der Waals surface area contributed by atoms with E-state index in [-0.39, 0.29) is 0 Å². The van der Waals surface area contributed by atoms with Crippen LogP contribution in [0.5, 0.6) is 11.6 Å². The van der Waals surface area contributed by atoms with Crippen molar-refractivity contribution in [2.45, 2.75) is 20.0 Å². The Morgan fingerprint density at radius 2 is 2.11 bits per heavy atom. The van der Waals surface area contributed by atoms with E-state index in [0.717, 1.165) is 11.1 Å². The lowest BCUT2D eigenvalue weighted by molar-refractivity contribution is 0.198. The van der Waals surface area contributed by atoms with Gasteiger partial charge in [-0.15, -0.1) is 0 Å². The highest BCUT2D eigenvalue weighted by Gasteiger charge is 2.06. The number of nitriles is 1. The molecule has 0 saturated carbocycles. The SMILES string of the molecule is Cc1ccc(C#N)cc1Oc1ccc([C@@H](C)O)cn1. The molecular formula is C15H14N2O2. The largest absolute Gasteiger partial charge is 0.439 e. The average molecular weight is 254 g/mol. The zero-order valence-electron chi connectivity index (χ0n) is 10.8. The van der Waals surface area contributed by atoms with E-state index in [1.807, 2.05) is 13.0 Å². The maximum Gasteiger partial charge on any atom is 0.219 e. The zero-order chi connectivity index (χ0) is 13.8. The van der Waals surface area contributed by atoms with Crippen LogP contribution in [-0.2, 0) is 0 Å². The summed E-state index contributed by atoms with van der Waals surface area (Å²) in [5, 5.41) is 18.3. The van der Waals surface area contributed by atoms with Crippen LogP contribution in [-0.4, -0.2) is 10.1 Å². The molecule has 0 fully saturated rings. The number of benzene rings is 1. The number of aryl methyl sites for hydroxylation is 1. The van der Waals surface area contributed by atoms with E-state index >= 15 is 0 Å². The number of aliphatic hydroxyl groups is 1. The van der Waals surface area contributed by atoms with Crippen LogP contribution >= 0.6 is 0 Å². The fraction of sp³-hybridized carbons (Fsp3) is 0.200. The minimum absolute atomic E-state index is 0.433. The van der Waals surface area contributed by atoms with Gasteiger partial charge in [0.2, 0.25) is 5.88 Å². The molecule has 1 aromatic carbocycles. The maximum absolute atomic E-state index is 9.40. The molecule has 0 saturated heterocycles. The summed E-state index contributed by atoms with van der Waals surface area (Å²) in [4.78, 5) is 4.13. The van der Waals surface area contributed by atoms with Gasteiger partial charge in [-0.2, -0.15) is 5.26 Å². The molecule has 1 atom stereocenters. The van der Waals surface area contributed by atoms with Crippen LogP contribution in [0.2, 0.25) is 0 Å². The van der Waals surface area contributed by atoms with Crippen molar-refractivity contribution >= 4 is 0 Å². The van der Waals surface area contributed by atoms with Crippen molar-refractivity contribution in [2.75, 3.05) is 0 Å². The summed E-state index contributed by atoms with van der Waals surface area (Å²) in [5.41, 5.74) is 2.21. The highest BCUT2D eigenvalue weighted by molar-refractivity contribution is 5.43. The van der Waals surface area contributed by atoms with Crippen molar-refractivity contribution in [3.8, 4) is 17.7 Å². The topological polar surface area (TPSA) is 66.1 Å². The molecule has 0 radical (unpaired) electrons. The van der Waals surface area contributed by atoms with Gasteiger partial charge in [-0.1, -0.05) is 6.07 Å². The number of rotatable bonds is 3. The van der Waals surface area contributed by atoms with E-state index in [1.165, 1.54) is 0 Å². The summed E-state index contributed by atoms with van der Waals surface area (Å²) >= 11 is 0. The molecule has 4 heteroatoms. The van der Waals surface area contributed by atoms with Crippen molar-refractivity contribution in [3.63, 3.8) is 0 Å². The Balaban J connectivity index is 2.24. The Hall–Kier alpha value is -2.38. The van der Waals surface area contributed by atoms with Crippen molar-refractivity contribution in [2.24, 2.45) is 0 Å². The second-order valence-corrected chi connectivity index (χ2v) is 4.30. The second kappa shape index (κ2) is 5.51. The minimum Gasteiger partial charge on any atom is -0.439 e. The molecular weight excluding hydrogens is 240 g/mol. The molecule has 0 unspecified atom stereocenters. The third-order valence-corrected chi connectivity index (χ3v) is 2.77. The van der Waals surface area contributed by atoms with Gasteiger partial charge in [0.15, 0.2) is 0 Å². The third-order valence-electron chi connectivity index (χ3n) is 2.77. The first kappa shape index (κ1) is 13.1. The average Bonchev–Trinajstić information content (AvgIpc) is 2.42. The molecule has 0 aliphatic carbocycles. The summed E-state index contributed by atoms with van der Waals surface area (Å²) in [5.74, 6) is 1.04. The van der Waals surface area contributed by atoms with Crippen LogP contribution < -0.4 is 4.74 Å². The van der Waals surface area contributed by atoms with Gasteiger partial charge in [0.1, 0.15) is 5.75 Å². The molecule has 2 rings (SSSR count).